The number of benzene rings is 2. The van der Waals surface area contributed by atoms with Crippen LogP contribution in [0.3, 0.4) is 0 Å². The fourth-order valence-electron chi connectivity index (χ4n) is 2.58. The molecule has 0 saturated heterocycles. The summed E-state index contributed by atoms with van der Waals surface area (Å²) in [5.41, 5.74) is 3.13. The summed E-state index contributed by atoms with van der Waals surface area (Å²) < 4.78 is 16.2. The summed E-state index contributed by atoms with van der Waals surface area (Å²) >= 11 is 0. The Morgan fingerprint density at radius 2 is 1.64 bits per heavy atom. The molecular weight excluding hydrogens is 318 g/mol. The van der Waals surface area contributed by atoms with E-state index in [1.165, 1.54) is 0 Å². The molecule has 0 fully saturated rings. The van der Waals surface area contributed by atoms with Crippen LogP contribution in [0.1, 0.15) is 23.6 Å². The van der Waals surface area contributed by atoms with Crippen LogP contribution in [0.25, 0.3) is 0 Å². The van der Waals surface area contributed by atoms with Crippen LogP contribution in [-0.2, 0) is 11.3 Å². The average Bonchev–Trinajstić information content (AvgIpc) is 2.58. The number of carbonyl (C=O) groups excluding carboxylic acids is 1. The molecule has 0 aromatic heterocycles. The molecule has 134 valence electrons. The van der Waals surface area contributed by atoms with Gasteiger partial charge in [-0.2, -0.15) is 0 Å². The molecule has 0 spiro atoms. The second-order valence-electron chi connectivity index (χ2n) is 5.99. The fraction of sp³-hybridized carbons (Fsp3) is 0.350. The monoisotopic (exact) mass is 343 g/mol. The van der Waals surface area contributed by atoms with Crippen molar-refractivity contribution in [1.29, 1.82) is 0 Å². The molecule has 0 radical (unpaired) electrons. The molecule has 0 bridgehead atoms. The van der Waals surface area contributed by atoms with Crippen molar-refractivity contribution < 1.29 is 19.0 Å². The molecule has 0 aliphatic carbocycles. The predicted octanol–water partition coefficient (Wildman–Crippen LogP) is 3.40. The van der Waals surface area contributed by atoms with Crippen LogP contribution in [0.15, 0.2) is 36.4 Å². The number of methoxy groups -OCH3 is 2. The highest BCUT2D eigenvalue weighted by atomic mass is 16.5. The number of amides is 1. The lowest BCUT2D eigenvalue weighted by Crippen LogP contribution is -2.35. The van der Waals surface area contributed by atoms with Gasteiger partial charge in [0.25, 0.3) is 5.91 Å². The van der Waals surface area contributed by atoms with E-state index in [0.717, 1.165) is 16.7 Å². The quantitative estimate of drug-likeness (QED) is 0.837. The minimum Gasteiger partial charge on any atom is -0.493 e. The summed E-state index contributed by atoms with van der Waals surface area (Å²) in [5.74, 6) is 1.82. The van der Waals surface area contributed by atoms with Gasteiger partial charge >= 0.3 is 0 Å². The van der Waals surface area contributed by atoms with E-state index in [1.807, 2.05) is 44.2 Å². The molecule has 1 N–H and O–H groups in total. The Bertz CT molecular complexity index is 722. The smallest absolute Gasteiger partial charge is 0.261 e. The summed E-state index contributed by atoms with van der Waals surface area (Å²) in [6.07, 6.45) is -0.582. The van der Waals surface area contributed by atoms with Crippen molar-refractivity contribution in [2.24, 2.45) is 0 Å². The molecule has 0 aliphatic heterocycles. The van der Waals surface area contributed by atoms with E-state index in [1.54, 1.807) is 21.1 Å². The first-order valence-electron chi connectivity index (χ1n) is 8.16. The van der Waals surface area contributed by atoms with E-state index in [-0.39, 0.29) is 5.91 Å². The summed E-state index contributed by atoms with van der Waals surface area (Å²) in [6, 6.07) is 11.5. The van der Waals surface area contributed by atoms with E-state index < -0.39 is 6.10 Å². The highest BCUT2D eigenvalue weighted by molar-refractivity contribution is 5.80. The minimum atomic E-state index is -0.582. The number of aryl methyl sites for hydroxylation is 2. The van der Waals surface area contributed by atoms with Gasteiger partial charge in [0.1, 0.15) is 5.75 Å². The molecule has 1 atom stereocenters. The normalized spacial score (nSPS) is 11.6. The number of hydrogen-bond donors (Lipinski definition) is 1. The predicted molar refractivity (Wildman–Crippen MR) is 97.4 cm³/mol. The maximum absolute atomic E-state index is 12.3. The van der Waals surface area contributed by atoms with E-state index >= 15 is 0 Å². The van der Waals surface area contributed by atoms with Gasteiger partial charge in [-0.1, -0.05) is 12.1 Å². The van der Waals surface area contributed by atoms with E-state index in [4.69, 9.17) is 14.2 Å². The average molecular weight is 343 g/mol. The van der Waals surface area contributed by atoms with E-state index in [9.17, 15) is 4.79 Å². The third kappa shape index (κ3) is 5.14. The van der Waals surface area contributed by atoms with Crippen molar-refractivity contribution in [1.82, 2.24) is 5.32 Å². The number of rotatable bonds is 7. The molecule has 1 unspecified atom stereocenters. The molecule has 0 heterocycles. The molecule has 1 amide bonds. The summed E-state index contributed by atoms with van der Waals surface area (Å²) in [5, 5.41) is 2.88. The topological polar surface area (TPSA) is 56.8 Å². The molecule has 5 nitrogen and oxygen atoms in total. The van der Waals surface area contributed by atoms with Crippen LogP contribution in [0.2, 0.25) is 0 Å². The Balaban J connectivity index is 1.95. The van der Waals surface area contributed by atoms with Crippen LogP contribution in [-0.4, -0.2) is 26.2 Å². The first-order valence-corrected chi connectivity index (χ1v) is 8.16. The van der Waals surface area contributed by atoms with Crippen LogP contribution in [0, 0.1) is 13.8 Å². The summed E-state index contributed by atoms with van der Waals surface area (Å²) in [4.78, 5) is 12.3. The molecule has 0 aliphatic rings. The number of carbonyl (C=O) groups is 1. The molecule has 5 heteroatoms. The second-order valence-corrected chi connectivity index (χ2v) is 5.99. The third-order valence-electron chi connectivity index (χ3n) is 3.79. The van der Waals surface area contributed by atoms with Crippen molar-refractivity contribution in [2.45, 2.75) is 33.4 Å². The number of nitrogens with one attached hydrogen (secondary N) is 1. The van der Waals surface area contributed by atoms with Gasteiger partial charge in [-0.15, -0.1) is 0 Å². The maximum Gasteiger partial charge on any atom is 0.261 e. The lowest BCUT2D eigenvalue weighted by atomic mass is 10.1. The zero-order chi connectivity index (χ0) is 18.4. The Hall–Kier alpha value is -2.69. The van der Waals surface area contributed by atoms with Crippen molar-refractivity contribution in [3.63, 3.8) is 0 Å². The molecule has 25 heavy (non-hydrogen) atoms. The van der Waals surface area contributed by atoms with Crippen molar-refractivity contribution >= 4 is 5.91 Å². The second kappa shape index (κ2) is 8.42. The maximum atomic E-state index is 12.3. The van der Waals surface area contributed by atoms with Crippen LogP contribution >= 0.6 is 0 Å². The molecule has 2 aromatic rings. The Kier molecular flexibility index (Phi) is 6.28. The van der Waals surface area contributed by atoms with Crippen LogP contribution in [0.4, 0.5) is 0 Å². The fourth-order valence-corrected chi connectivity index (χ4v) is 2.58. The van der Waals surface area contributed by atoms with Crippen molar-refractivity contribution in [3.8, 4) is 17.2 Å². The SMILES string of the molecule is COc1ccc(CNC(=O)C(C)Oc2cc(C)cc(C)c2)cc1OC. The molecule has 2 rings (SSSR count). The number of hydrogen-bond acceptors (Lipinski definition) is 4. The van der Waals surface area contributed by atoms with Gasteiger partial charge in [-0.3, -0.25) is 4.79 Å². The van der Waals surface area contributed by atoms with Gasteiger partial charge in [-0.25, -0.2) is 0 Å². The van der Waals surface area contributed by atoms with Gasteiger partial charge in [0.15, 0.2) is 17.6 Å². The minimum absolute atomic E-state index is 0.172. The van der Waals surface area contributed by atoms with E-state index in [2.05, 4.69) is 11.4 Å². The van der Waals surface area contributed by atoms with Gasteiger partial charge < -0.3 is 19.5 Å². The zero-order valence-electron chi connectivity index (χ0n) is 15.4. The van der Waals surface area contributed by atoms with Gasteiger partial charge in [0.2, 0.25) is 0 Å². The molecule has 2 aromatic carbocycles. The van der Waals surface area contributed by atoms with E-state index in [0.29, 0.717) is 23.8 Å². The van der Waals surface area contributed by atoms with Crippen molar-refractivity contribution in [3.05, 3.63) is 53.1 Å². The third-order valence-corrected chi connectivity index (χ3v) is 3.79. The number of ether oxygens (including phenoxy) is 3. The highest BCUT2D eigenvalue weighted by Crippen LogP contribution is 2.27. The molecular formula is C20H25NO4. The van der Waals surface area contributed by atoms with Gasteiger partial charge in [0.05, 0.1) is 14.2 Å². The van der Waals surface area contributed by atoms with Crippen LogP contribution < -0.4 is 19.5 Å². The first-order chi connectivity index (χ1) is 11.9. The highest BCUT2D eigenvalue weighted by Gasteiger charge is 2.15. The largest absolute Gasteiger partial charge is 0.493 e. The summed E-state index contributed by atoms with van der Waals surface area (Å²) in [7, 11) is 3.17. The standard InChI is InChI=1S/C20H25NO4/c1-13-8-14(2)10-17(9-13)25-15(3)20(22)21-12-16-6-7-18(23-4)19(11-16)24-5/h6-11,15H,12H2,1-5H3,(H,21,22). The lowest BCUT2D eigenvalue weighted by molar-refractivity contribution is -0.127. The Morgan fingerprint density at radius 3 is 2.24 bits per heavy atom. The first kappa shape index (κ1) is 18.6. The Labute approximate surface area is 148 Å². The van der Waals surface area contributed by atoms with Crippen molar-refractivity contribution in [2.75, 3.05) is 14.2 Å². The molecule has 0 saturated carbocycles. The van der Waals surface area contributed by atoms with Crippen LogP contribution in [0.5, 0.6) is 17.2 Å². The van der Waals surface area contributed by atoms with Gasteiger partial charge in [-0.05, 0) is 61.7 Å². The summed E-state index contributed by atoms with van der Waals surface area (Å²) in [6.45, 7) is 6.13. The lowest BCUT2D eigenvalue weighted by Gasteiger charge is -2.16. The van der Waals surface area contributed by atoms with Gasteiger partial charge in [0, 0.05) is 6.54 Å². The Morgan fingerprint density at radius 1 is 1.00 bits per heavy atom. The zero-order valence-corrected chi connectivity index (χ0v) is 15.4.